The number of hydrogen-bond acceptors (Lipinski definition) is 5. The minimum absolute atomic E-state index is 0.419. The molecule has 0 aliphatic heterocycles. The predicted molar refractivity (Wildman–Crippen MR) is 92.8 cm³/mol. The number of aryl methyl sites for hydroxylation is 1. The summed E-state index contributed by atoms with van der Waals surface area (Å²) in [5.74, 6) is 0.721. The smallest absolute Gasteiger partial charge is 0.340 e. The van der Waals surface area contributed by atoms with Crippen LogP contribution in [0.3, 0.4) is 0 Å². The Morgan fingerprint density at radius 3 is 2.38 bits per heavy atom. The maximum absolute atomic E-state index is 11.7. The Balaban J connectivity index is 1.98. The molecule has 24 heavy (non-hydrogen) atoms. The van der Waals surface area contributed by atoms with Gasteiger partial charge in [0.05, 0.1) is 0 Å². The maximum atomic E-state index is 11.7. The van der Waals surface area contributed by atoms with Crippen molar-refractivity contribution in [3.8, 4) is 17.1 Å². The van der Waals surface area contributed by atoms with Gasteiger partial charge in [0, 0.05) is 25.1 Å². The van der Waals surface area contributed by atoms with E-state index in [9.17, 15) is 4.79 Å². The van der Waals surface area contributed by atoms with E-state index >= 15 is 0 Å². The summed E-state index contributed by atoms with van der Waals surface area (Å²) in [4.78, 5) is 20.5. The summed E-state index contributed by atoms with van der Waals surface area (Å²) in [6.07, 6.45) is 7.79. The molecule has 0 bridgehead atoms. The van der Waals surface area contributed by atoms with E-state index < -0.39 is 12.1 Å². The minimum Gasteiger partial charge on any atom is -0.425 e. The topological polar surface area (TPSA) is 61.3 Å². The lowest BCUT2D eigenvalue weighted by molar-refractivity contribution is -0.144. The van der Waals surface area contributed by atoms with Gasteiger partial charge < -0.3 is 9.47 Å². The van der Waals surface area contributed by atoms with Crippen LogP contribution in [-0.4, -0.2) is 29.2 Å². The second-order valence-electron chi connectivity index (χ2n) is 5.70. The van der Waals surface area contributed by atoms with Crippen molar-refractivity contribution in [3.05, 3.63) is 42.2 Å². The number of ether oxygens (including phenoxy) is 2. The SMILES string of the molecule is CCCCCc1cnc(-c2ccc(OC(=O)C(C)OC)cc2)nc1. The Morgan fingerprint density at radius 2 is 1.79 bits per heavy atom. The van der Waals surface area contributed by atoms with E-state index in [-0.39, 0.29) is 0 Å². The fourth-order valence-electron chi connectivity index (χ4n) is 2.18. The standard InChI is InChI=1S/C19H24N2O3/c1-4-5-6-7-15-12-20-18(21-13-15)16-8-10-17(11-9-16)24-19(22)14(2)23-3/h8-14H,4-7H2,1-3H3. The van der Waals surface area contributed by atoms with E-state index in [1.54, 1.807) is 19.1 Å². The molecule has 5 heteroatoms. The Morgan fingerprint density at radius 1 is 1.12 bits per heavy atom. The van der Waals surface area contributed by atoms with Crippen LogP contribution in [0.1, 0.15) is 38.7 Å². The number of aromatic nitrogens is 2. The van der Waals surface area contributed by atoms with Crippen LogP contribution in [-0.2, 0) is 16.0 Å². The summed E-state index contributed by atoms with van der Waals surface area (Å²) in [5.41, 5.74) is 2.04. The van der Waals surface area contributed by atoms with Crippen molar-refractivity contribution in [2.45, 2.75) is 45.6 Å². The van der Waals surface area contributed by atoms with Crippen LogP contribution in [0, 0.1) is 0 Å². The zero-order valence-corrected chi connectivity index (χ0v) is 14.5. The first kappa shape index (κ1) is 18.1. The molecule has 0 aliphatic carbocycles. The van der Waals surface area contributed by atoms with Crippen LogP contribution in [0.5, 0.6) is 5.75 Å². The van der Waals surface area contributed by atoms with Crippen molar-refractivity contribution in [1.82, 2.24) is 9.97 Å². The molecule has 1 atom stereocenters. The Kier molecular flexibility index (Phi) is 6.88. The van der Waals surface area contributed by atoms with Crippen LogP contribution in [0.4, 0.5) is 0 Å². The van der Waals surface area contributed by atoms with Gasteiger partial charge in [-0.2, -0.15) is 0 Å². The summed E-state index contributed by atoms with van der Waals surface area (Å²) < 4.78 is 10.2. The van der Waals surface area contributed by atoms with Crippen molar-refractivity contribution in [2.75, 3.05) is 7.11 Å². The summed E-state index contributed by atoms with van der Waals surface area (Å²) in [5, 5.41) is 0. The second kappa shape index (κ2) is 9.13. The molecule has 0 saturated carbocycles. The highest BCUT2D eigenvalue weighted by Gasteiger charge is 2.14. The van der Waals surface area contributed by atoms with Gasteiger partial charge in [0.25, 0.3) is 0 Å². The highest BCUT2D eigenvalue weighted by molar-refractivity contribution is 5.77. The van der Waals surface area contributed by atoms with E-state index in [4.69, 9.17) is 9.47 Å². The average molecular weight is 328 g/mol. The first-order valence-electron chi connectivity index (χ1n) is 8.30. The first-order valence-corrected chi connectivity index (χ1v) is 8.30. The quantitative estimate of drug-likeness (QED) is 0.419. The predicted octanol–water partition coefficient (Wildman–Crippen LogP) is 3.82. The van der Waals surface area contributed by atoms with Gasteiger partial charge in [0.15, 0.2) is 11.9 Å². The van der Waals surface area contributed by atoms with Crippen LogP contribution in [0.2, 0.25) is 0 Å². The van der Waals surface area contributed by atoms with Crippen molar-refractivity contribution < 1.29 is 14.3 Å². The summed E-state index contributed by atoms with van der Waals surface area (Å²) in [6, 6.07) is 7.14. The molecule has 2 rings (SSSR count). The molecule has 0 aliphatic rings. The molecular weight excluding hydrogens is 304 g/mol. The molecule has 0 amide bonds. The van der Waals surface area contributed by atoms with Gasteiger partial charge >= 0.3 is 5.97 Å². The lowest BCUT2D eigenvalue weighted by Crippen LogP contribution is -2.24. The third kappa shape index (κ3) is 5.13. The lowest BCUT2D eigenvalue weighted by Gasteiger charge is -2.09. The first-order chi connectivity index (χ1) is 11.6. The second-order valence-corrected chi connectivity index (χ2v) is 5.70. The molecule has 128 valence electrons. The van der Waals surface area contributed by atoms with Gasteiger partial charge in [-0.25, -0.2) is 14.8 Å². The number of hydrogen-bond donors (Lipinski definition) is 0. The Bertz CT molecular complexity index is 639. The summed E-state index contributed by atoms with van der Waals surface area (Å²) in [6.45, 7) is 3.84. The number of esters is 1. The molecule has 5 nitrogen and oxygen atoms in total. The third-order valence-electron chi connectivity index (χ3n) is 3.79. The van der Waals surface area contributed by atoms with Crippen LogP contribution in [0.25, 0.3) is 11.4 Å². The normalized spacial score (nSPS) is 12.0. The van der Waals surface area contributed by atoms with Gasteiger partial charge in [-0.3, -0.25) is 0 Å². The van der Waals surface area contributed by atoms with Gasteiger partial charge in [-0.15, -0.1) is 0 Å². The molecule has 0 N–H and O–H groups in total. The van der Waals surface area contributed by atoms with E-state index in [1.807, 2.05) is 24.5 Å². The Labute approximate surface area is 143 Å². The fraction of sp³-hybridized carbons (Fsp3) is 0.421. The van der Waals surface area contributed by atoms with Crippen molar-refractivity contribution in [3.63, 3.8) is 0 Å². The van der Waals surface area contributed by atoms with Crippen LogP contribution in [0.15, 0.2) is 36.7 Å². The fourth-order valence-corrected chi connectivity index (χ4v) is 2.18. The van der Waals surface area contributed by atoms with E-state index in [0.717, 1.165) is 17.5 Å². The number of methoxy groups -OCH3 is 1. The summed E-state index contributed by atoms with van der Waals surface area (Å²) >= 11 is 0. The highest BCUT2D eigenvalue weighted by Crippen LogP contribution is 2.20. The molecule has 1 aromatic carbocycles. The van der Waals surface area contributed by atoms with E-state index in [2.05, 4.69) is 16.9 Å². The number of unbranched alkanes of at least 4 members (excludes halogenated alkanes) is 2. The third-order valence-corrected chi connectivity index (χ3v) is 3.79. The zero-order chi connectivity index (χ0) is 17.4. The van der Waals surface area contributed by atoms with Gasteiger partial charge in [-0.05, 0) is 49.6 Å². The number of benzene rings is 1. The van der Waals surface area contributed by atoms with E-state index in [0.29, 0.717) is 11.6 Å². The molecule has 2 aromatic rings. The molecule has 1 aromatic heterocycles. The number of rotatable bonds is 8. The molecular formula is C19H24N2O3. The number of carbonyl (C=O) groups is 1. The monoisotopic (exact) mass is 328 g/mol. The average Bonchev–Trinajstić information content (AvgIpc) is 2.62. The largest absolute Gasteiger partial charge is 0.425 e. The van der Waals surface area contributed by atoms with Crippen LogP contribution >= 0.6 is 0 Å². The van der Waals surface area contributed by atoms with Crippen molar-refractivity contribution in [2.24, 2.45) is 0 Å². The number of nitrogens with zero attached hydrogens (tertiary/aromatic N) is 2. The minimum atomic E-state index is -0.590. The van der Waals surface area contributed by atoms with Crippen LogP contribution < -0.4 is 4.74 Å². The van der Waals surface area contributed by atoms with Crippen molar-refractivity contribution in [1.29, 1.82) is 0 Å². The molecule has 1 heterocycles. The highest BCUT2D eigenvalue weighted by atomic mass is 16.6. The molecule has 1 unspecified atom stereocenters. The van der Waals surface area contributed by atoms with Crippen molar-refractivity contribution >= 4 is 5.97 Å². The van der Waals surface area contributed by atoms with E-state index in [1.165, 1.54) is 26.4 Å². The molecule has 0 fully saturated rings. The molecule has 0 saturated heterocycles. The van der Waals surface area contributed by atoms with Gasteiger partial charge in [-0.1, -0.05) is 19.8 Å². The number of carbonyl (C=O) groups excluding carboxylic acids is 1. The van der Waals surface area contributed by atoms with Gasteiger partial charge in [0.1, 0.15) is 5.75 Å². The molecule has 0 radical (unpaired) electrons. The molecule has 0 spiro atoms. The summed E-state index contributed by atoms with van der Waals surface area (Å²) in [7, 11) is 1.47. The Hall–Kier alpha value is -2.27. The zero-order valence-electron chi connectivity index (χ0n) is 14.5. The maximum Gasteiger partial charge on any atom is 0.340 e. The van der Waals surface area contributed by atoms with Gasteiger partial charge in [0.2, 0.25) is 0 Å². The lowest BCUT2D eigenvalue weighted by atomic mass is 10.1.